The van der Waals surface area contributed by atoms with Crippen LogP contribution in [0.4, 0.5) is 0 Å². The van der Waals surface area contributed by atoms with Gasteiger partial charge >= 0.3 is 0 Å². The average molecular weight is 138 g/mol. The van der Waals surface area contributed by atoms with E-state index < -0.39 is 0 Å². The molecule has 0 aromatic heterocycles. The average Bonchev–Trinajstić information content (AvgIpc) is 2.05. The fourth-order valence-electron chi connectivity index (χ4n) is 0.959. The summed E-state index contributed by atoms with van der Waals surface area (Å²) < 4.78 is 0. The summed E-state index contributed by atoms with van der Waals surface area (Å²) >= 11 is 0. The minimum Gasteiger partial charge on any atom is -0.329 e. The quantitative estimate of drug-likeness (QED) is 0.438. The number of piperazine rings is 1. The highest BCUT2D eigenvalue weighted by Crippen LogP contribution is 1.90. The summed E-state index contributed by atoms with van der Waals surface area (Å²) in [6.07, 6.45) is 4.94. The van der Waals surface area contributed by atoms with Gasteiger partial charge in [0.2, 0.25) is 0 Å². The smallest absolute Gasteiger partial charge is 0.298 e. The van der Waals surface area contributed by atoms with Crippen LogP contribution in [0.15, 0.2) is 0 Å². The van der Waals surface area contributed by atoms with E-state index in [1.807, 2.05) is 0 Å². The molecule has 0 aliphatic carbocycles. The van der Waals surface area contributed by atoms with Crippen molar-refractivity contribution in [2.24, 2.45) is 0 Å². The zero-order valence-corrected chi connectivity index (χ0v) is 5.76. The number of nitrogens with one attached hydrogen (secondary N) is 1. The summed E-state index contributed by atoms with van der Waals surface area (Å²) in [5.41, 5.74) is 0. The maximum absolute atomic E-state index is 10.8. The molecule has 0 bridgehead atoms. The van der Waals surface area contributed by atoms with Crippen molar-refractivity contribution in [3.05, 3.63) is 0 Å². The number of amides is 1. The van der Waals surface area contributed by atoms with Crippen LogP contribution in [0.25, 0.3) is 0 Å². The van der Waals surface area contributed by atoms with E-state index in [0.29, 0.717) is 0 Å². The van der Waals surface area contributed by atoms with Crippen molar-refractivity contribution < 1.29 is 4.79 Å². The Morgan fingerprint density at radius 2 is 2.10 bits per heavy atom. The van der Waals surface area contributed by atoms with Gasteiger partial charge in [-0.1, -0.05) is 0 Å². The van der Waals surface area contributed by atoms with E-state index in [0.717, 1.165) is 26.2 Å². The van der Waals surface area contributed by atoms with Crippen molar-refractivity contribution in [2.45, 2.75) is 0 Å². The summed E-state index contributed by atoms with van der Waals surface area (Å²) in [4.78, 5) is 12.5. The Morgan fingerprint density at radius 1 is 1.50 bits per heavy atom. The summed E-state index contributed by atoms with van der Waals surface area (Å²) in [6.45, 7) is 3.19. The number of carbonyl (C=O) groups excluding carboxylic acids is 1. The molecule has 1 aliphatic rings. The van der Waals surface area contributed by atoms with Gasteiger partial charge < -0.3 is 10.2 Å². The van der Waals surface area contributed by atoms with Gasteiger partial charge in [-0.2, -0.15) is 0 Å². The zero-order valence-electron chi connectivity index (χ0n) is 5.76. The highest BCUT2D eigenvalue weighted by Gasteiger charge is 2.12. The molecule has 1 N–H and O–H groups in total. The van der Waals surface area contributed by atoms with E-state index in [-0.39, 0.29) is 5.91 Å². The molecule has 1 saturated heterocycles. The van der Waals surface area contributed by atoms with Gasteiger partial charge in [0.25, 0.3) is 5.91 Å². The van der Waals surface area contributed by atoms with Crippen molar-refractivity contribution in [3.63, 3.8) is 0 Å². The lowest BCUT2D eigenvalue weighted by Gasteiger charge is -2.25. The molecule has 1 aliphatic heterocycles. The third kappa shape index (κ3) is 1.49. The van der Waals surface area contributed by atoms with E-state index >= 15 is 0 Å². The molecular formula is C7H10N2O. The van der Waals surface area contributed by atoms with Crippen molar-refractivity contribution in [1.82, 2.24) is 10.2 Å². The lowest BCUT2D eigenvalue weighted by atomic mass is 10.3. The molecule has 54 valence electrons. The number of hydrogen-bond donors (Lipinski definition) is 1. The molecule has 1 amide bonds. The van der Waals surface area contributed by atoms with Crippen LogP contribution >= 0.6 is 0 Å². The molecule has 1 fully saturated rings. The van der Waals surface area contributed by atoms with Crippen LogP contribution in [0.1, 0.15) is 0 Å². The molecule has 0 atom stereocenters. The van der Waals surface area contributed by atoms with Crippen molar-refractivity contribution in [1.29, 1.82) is 0 Å². The standard InChI is InChI=1S/C7H10N2O/c1-2-7(10)9-5-3-8-4-6-9/h1,8H,3-6H2. The first-order valence-electron chi connectivity index (χ1n) is 3.31. The third-order valence-electron chi connectivity index (χ3n) is 1.53. The van der Waals surface area contributed by atoms with E-state index in [4.69, 9.17) is 6.42 Å². The molecule has 0 unspecified atom stereocenters. The van der Waals surface area contributed by atoms with Crippen molar-refractivity contribution in [3.8, 4) is 12.3 Å². The number of hydrogen-bond acceptors (Lipinski definition) is 2. The van der Waals surface area contributed by atoms with Gasteiger partial charge in [0.1, 0.15) is 0 Å². The van der Waals surface area contributed by atoms with Gasteiger partial charge in [-0.3, -0.25) is 4.79 Å². The Bertz CT molecular complexity index is 165. The highest BCUT2D eigenvalue weighted by atomic mass is 16.2. The summed E-state index contributed by atoms with van der Waals surface area (Å²) in [5, 5.41) is 3.13. The van der Waals surface area contributed by atoms with Gasteiger partial charge in [-0.05, 0) is 5.92 Å². The predicted octanol–water partition coefficient (Wildman–Crippen LogP) is -0.949. The monoisotopic (exact) mass is 138 g/mol. The van der Waals surface area contributed by atoms with Crippen LogP contribution < -0.4 is 5.32 Å². The predicted molar refractivity (Wildman–Crippen MR) is 38.3 cm³/mol. The number of carbonyl (C=O) groups is 1. The Balaban J connectivity index is 2.40. The molecule has 1 rings (SSSR count). The zero-order chi connectivity index (χ0) is 7.40. The fraction of sp³-hybridized carbons (Fsp3) is 0.571. The van der Waals surface area contributed by atoms with Gasteiger partial charge in [0, 0.05) is 26.2 Å². The van der Waals surface area contributed by atoms with Crippen LogP contribution in [0.5, 0.6) is 0 Å². The van der Waals surface area contributed by atoms with Gasteiger partial charge in [-0.25, -0.2) is 0 Å². The Labute approximate surface area is 60.4 Å². The molecular weight excluding hydrogens is 128 g/mol. The van der Waals surface area contributed by atoms with Crippen molar-refractivity contribution in [2.75, 3.05) is 26.2 Å². The van der Waals surface area contributed by atoms with Crippen molar-refractivity contribution >= 4 is 5.91 Å². The minimum atomic E-state index is -0.193. The Hall–Kier alpha value is -1.01. The van der Waals surface area contributed by atoms with Gasteiger partial charge in [-0.15, -0.1) is 6.42 Å². The third-order valence-corrected chi connectivity index (χ3v) is 1.53. The minimum absolute atomic E-state index is 0.193. The molecule has 0 saturated carbocycles. The molecule has 10 heavy (non-hydrogen) atoms. The molecule has 0 radical (unpaired) electrons. The van der Waals surface area contributed by atoms with E-state index in [1.54, 1.807) is 4.90 Å². The van der Waals surface area contributed by atoms with Crippen LogP contribution in [-0.4, -0.2) is 37.0 Å². The summed E-state index contributed by atoms with van der Waals surface area (Å²) in [6, 6.07) is 0. The van der Waals surface area contributed by atoms with E-state index in [1.165, 1.54) is 0 Å². The number of rotatable bonds is 0. The molecule has 1 heterocycles. The first-order chi connectivity index (χ1) is 4.84. The summed E-state index contributed by atoms with van der Waals surface area (Å²) in [7, 11) is 0. The van der Waals surface area contributed by atoms with Gasteiger partial charge in [0.05, 0.1) is 0 Å². The van der Waals surface area contributed by atoms with E-state index in [2.05, 4.69) is 11.2 Å². The largest absolute Gasteiger partial charge is 0.329 e. The fourth-order valence-corrected chi connectivity index (χ4v) is 0.959. The lowest BCUT2D eigenvalue weighted by molar-refractivity contribution is -0.125. The van der Waals surface area contributed by atoms with Crippen LogP contribution in [0, 0.1) is 12.3 Å². The molecule has 0 aromatic rings. The Kier molecular flexibility index (Phi) is 2.30. The molecule has 0 aromatic carbocycles. The second-order valence-corrected chi connectivity index (χ2v) is 2.19. The first-order valence-corrected chi connectivity index (χ1v) is 3.31. The first kappa shape index (κ1) is 7.10. The van der Waals surface area contributed by atoms with Crippen LogP contribution in [-0.2, 0) is 4.79 Å². The number of nitrogens with zero attached hydrogens (tertiary/aromatic N) is 1. The maximum Gasteiger partial charge on any atom is 0.298 e. The lowest BCUT2D eigenvalue weighted by Crippen LogP contribution is -2.45. The topological polar surface area (TPSA) is 32.3 Å². The SMILES string of the molecule is C#CC(=O)N1CCNCC1. The highest BCUT2D eigenvalue weighted by molar-refractivity contribution is 5.92. The van der Waals surface area contributed by atoms with Crippen LogP contribution in [0.2, 0.25) is 0 Å². The van der Waals surface area contributed by atoms with Crippen LogP contribution in [0.3, 0.4) is 0 Å². The van der Waals surface area contributed by atoms with E-state index in [9.17, 15) is 4.79 Å². The van der Waals surface area contributed by atoms with Gasteiger partial charge in [0.15, 0.2) is 0 Å². The number of terminal acetylenes is 1. The second-order valence-electron chi connectivity index (χ2n) is 2.19. The molecule has 3 nitrogen and oxygen atoms in total. The summed E-state index contributed by atoms with van der Waals surface area (Å²) in [5.74, 6) is 1.90. The second kappa shape index (κ2) is 3.23. The molecule has 0 spiro atoms. The Morgan fingerprint density at radius 3 is 2.60 bits per heavy atom. The molecule has 3 heteroatoms. The normalized spacial score (nSPS) is 18.1. The maximum atomic E-state index is 10.8.